The molecule has 0 spiro atoms. The Morgan fingerprint density at radius 1 is 1.47 bits per heavy atom. The summed E-state index contributed by atoms with van der Waals surface area (Å²) < 4.78 is 0.487. The van der Waals surface area contributed by atoms with Crippen molar-refractivity contribution < 1.29 is 0 Å². The summed E-state index contributed by atoms with van der Waals surface area (Å²) in [5.74, 6) is 0.500. The van der Waals surface area contributed by atoms with Crippen molar-refractivity contribution >= 4 is 39.9 Å². The lowest BCUT2D eigenvalue weighted by atomic mass is 10.1. The van der Waals surface area contributed by atoms with Crippen LogP contribution in [0, 0.1) is 8.98 Å². The third-order valence-electron chi connectivity index (χ3n) is 2.65. The van der Waals surface area contributed by atoms with Crippen molar-refractivity contribution in [3.8, 4) is 0 Å². The van der Waals surface area contributed by atoms with Gasteiger partial charge in [-0.3, -0.25) is 10.2 Å². The van der Waals surface area contributed by atoms with Gasteiger partial charge in [0.1, 0.15) is 9.41 Å². The molecule has 4 N–H and O–H groups in total. The van der Waals surface area contributed by atoms with Crippen LogP contribution < -0.4 is 16.2 Å². The molecule has 1 aromatic heterocycles. The summed E-state index contributed by atoms with van der Waals surface area (Å²) in [6.45, 7) is 0. The van der Waals surface area contributed by atoms with Crippen LogP contribution in [0.25, 0.3) is 0 Å². The topological polar surface area (TPSA) is 98.9 Å². The van der Waals surface area contributed by atoms with Crippen molar-refractivity contribution in [2.24, 2.45) is 5.73 Å². The van der Waals surface area contributed by atoms with Gasteiger partial charge >= 0.3 is 0 Å². The van der Waals surface area contributed by atoms with Crippen LogP contribution in [0.3, 0.4) is 0 Å². The molecule has 0 aliphatic heterocycles. The SMILES string of the molecule is CN(c1ccccc1C(=N)N)c1nc[nH]c(=O)c1I. The predicted octanol–water partition coefficient (Wildman–Crippen LogP) is 1.43. The lowest BCUT2D eigenvalue weighted by molar-refractivity contribution is 1.03. The van der Waals surface area contributed by atoms with Crippen molar-refractivity contribution in [3.05, 3.63) is 50.1 Å². The first-order chi connectivity index (χ1) is 9.02. The summed E-state index contributed by atoms with van der Waals surface area (Å²) in [7, 11) is 1.78. The number of nitrogens with two attached hydrogens (primary N) is 1. The average molecular weight is 369 g/mol. The molecule has 7 heteroatoms. The van der Waals surface area contributed by atoms with E-state index in [0.717, 1.165) is 5.69 Å². The lowest BCUT2D eigenvalue weighted by Crippen LogP contribution is -2.23. The Kier molecular flexibility index (Phi) is 3.84. The monoisotopic (exact) mass is 369 g/mol. The molecule has 98 valence electrons. The Hall–Kier alpha value is -1.90. The van der Waals surface area contributed by atoms with E-state index in [9.17, 15) is 4.79 Å². The maximum Gasteiger partial charge on any atom is 0.266 e. The number of aromatic nitrogens is 2. The molecule has 0 amide bonds. The van der Waals surface area contributed by atoms with Gasteiger partial charge in [-0.15, -0.1) is 0 Å². The Bertz CT molecular complexity index is 682. The number of aromatic amines is 1. The van der Waals surface area contributed by atoms with Gasteiger partial charge in [-0.1, -0.05) is 12.1 Å². The molecular formula is C12H12IN5O. The van der Waals surface area contributed by atoms with E-state index in [-0.39, 0.29) is 11.4 Å². The van der Waals surface area contributed by atoms with Crippen LogP contribution in [0.5, 0.6) is 0 Å². The molecular weight excluding hydrogens is 357 g/mol. The van der Waals surface area contributed by atoms with Gasteiger partial charge in [0.25, 0.3) is 5.56 Å². The van der Waals surface area contributed by atoms with E-state index in [1.165, 1.54) is 6.33 Å². The van der Waals surface area contributed by atoms with E-state index in [1.807, 2.05) is 40.8 Å². The molecule has 0 atom stereocenters. The Morgan fingerprint density at radius 2 is 2.16 bits per heavy atom. The first-order valence-electron chi connectivity index (χ1n) is 5.42. The first-order valence-corrected chi connectivity index (χ1v) is 6.50. The smallest absolute Gasteiger partial charge is 0.266 e. The molecule has 1 heterocycles. The quantitative estimate of drug-likeness (QED) is 0.433. The van der Waals surface area contributed by atoms with Crippen molar-refractivity contribution in [2.75, 3.05) is 11.9 Å². The normalized spacial score (nSPS) is 10.2. The maximum atomic E-state index is 11.6. The van der Waals surface area contributed by atoms with Gasteiger partial charge < -0.3 is 15.6 Å². The molecule has 0 saturated carbocycles. The van der Waals surface area contributed by atoms with Gasteiger partial charge in [0.15, 0.2) is 5.82 Å². The van der Waals surface area contributed by atoms with Crippen molar-refractivity contribution in [1.82, 2.24) is 9.97 Å². The fraction of sp³-hybridized carbons (Fsp3) is 0.0833. The predicted molar refractivity (Wildman–Crippen MR) is 83.1 cm³/mol. The minimum Gasteiger partial charge on any atom is -0.384 e. The van der Waals surface area contributed by atoms with Gasteiger partial charge in [-0.2, -0.15) is 0 Å². The fourth-order valence-electron chi connectivity index (χ4n) is 1.72. The number of nitrogens with zero attached hydrogens (tertiary/aromatic N) is 2. The molecule has 0 radical (unpaired) electrons. The van der Waals surface area contributed by atoms with Crippen LogP contribution in [0.15, 0.2) is 35.4 Å². The molecule has 2 rings (SSSR count). The molecule has 6 nitrogen and oxygen atoms in total. The number of benzene rings is 1. The second-order valence-electron chi connectivity index (χ2n) is 3.86. The van der Waals surface area contributed by atoms with Crippen LogP contribution in [-0.2, 0) is 0 Å². The number of nitrogen functional groups attached to an aromatic ring is 1. The van der Waals surface area contributed by atoms with E-state index >= 15 is 0 Å². The highest BCUT2D eigenvalue weighted by Gasteiger charge is 2.15. The number of hydrogen-bond acceptors (Lipinski definition) is 4. The number of H-pyrrole nitrogens is 1. The van der Waals surface area contributed by atoms with Crippen LogP contribution in [0.4, 0.5) is 11.5 Å². The highest BCUT2D eigenvalue weighted by atomic mass is 127. The summed E-state index contributed by atoms with van der Waals surface area (Å²) >= 11 is 1.94. The highest BCUT2D eigenvalue weighted by Crippen LogP contribution is 2.26. The second-order valence-corrected chi connectivity index (χ2v) is 4.94. The Labute approximate surface area is 123 Å². The van der Waals surface area contributed by atoms with E-state index in [2.05, 4.69) is 9.97 Å². The number of anilines is 2. The van der Waals surface area contributed by atoms with Gasteiger partial charge in [-0.25, -0.2) is 4.98 Å². The number of amidine groups is 1. The van der Waals surface area contributed by atoms with E-state index in [0.29, 0.717) is 15.0 Å². The zero-order valence-corrected chi connectivity index (χ0v) is 12.3. The summed E-state index contributed by atoms with van der Waals surface area (Å²) in [5, 5.41) is 7.59. The van der Waals surface area contributed by atoms with Gasteiger partial charge in [-0.05, 0) is 34.7 Å². The lowest BCUT2D eigenvalue weighted by Gasteiger charge is -2.21. The van der Waals surface area contributed by atoms with Gasteiger partial charge in [0, 0.05) is 12.6 Å². The van der Waals surface area contributed by atoms with E-state index in [4.69, 9.17) is 11.1 Å². The zero-order valence-electron chi connectivity index (χ0n) is 10.1. The first kappa shape index (κ1) is 13.5. The third-order valence-corrected chi connectivity index (χ3v) is 3.62. The van der Waals surface area contributed by atoms with Crippen molar-refractivity contribution in [3.63, 3.8) is 0 Å². The average Bonchev–Trinajstić information content (AvgIpc) is 2.41. The summed E-state index contributed by atoms with van der Waals surface area (Å²) in [6.07, 6.45) is 1.35. The van der Waals surface area contributed by atoms with Crippen molar-refractivity contribution in [1.29, 1.82) is 5.41 Å². The Morgan fingerprint density at radius 3 is 2.84 bits per heavy atom. The zero-order chi connectivity index (χ0) is 14.0. The van der Waals surface area contributed by atoms with Gasteiger partial charge in [0.2, 0.25) is 0 Å². The summed E-state index contributed by atoms with van der Waals surface area (Å²) in [6, 6.07) is 7.24. The molecule has 0 aliphatic carbocycles. The summed E-state index contributed by atoms with van der Waals surface area (Å²) in [5.41, 5.74) is 6.70. The standard InChI is InChI=1S/C12H12IN5O/c1-18(11-9(13)12(19)17-6-16-11)8-5-3-2-4-7(8)10(14)15/h2-6H,1H3,(H3,14,15)(H,16,17,19). The number of para-hydroxylation sites is 1. The third kappa shape index (κ3) is 2.60. The molecule has 0 aliphatic rings. The number of halogens is 1. The maximum absolute atomic E-state index is 11.6. The van der Waals surface area contributed by atoms with Crippen LogP contribution in [0.1, 0.15) is 5.56 Å². The number of nitrogens with one attached hydrogen (secondary N) is 2. The Balaban J connectivity index is 2.56. The highest BCUT2D eigenvalue weighted by molar-refractivity contribution is 14.1. The summed E-state index contributed by atoms with van der Waals surface area (Å²) in [4.78, 5) is 20.0. The van der Waals surface area contributed by atoms with Gasteiger partial charge in [0.05, 0.1) is 12.0 Å². The van der Waals surface area contributed by atoms with Crippen LogP contribution in [0.2, 0.25) is 0 Å². The van der Waals surface area contributed by atoms with E-state index in [1.54, 1.807) is 18.0 Å². The van der Waals surface area contributed by atoms with Crippen LogP contribution in [-0.4, -0.2) is 22.9 Å². The van der Waals surface area contributed by atoms with Crippen molar-refractivity contribution in [2.45, 2.75) is 0 Å². The fourth-order valence-corrected chi connectivity index (χ4v) is 2.37. The molecule has 1 aromatic carbocycles. The minimum atomic E-state index is -0.197. The molecule has 2 aromatic rings. The molecule has 0 saturated heterocycles. The molecule has 0 fully saturated rings. The van der Waals surface area contributed by atoms with E-state index < -0.39 is 0 Å². The number of hydrogen-bond donors (Lipinski definition) is 3. The second kappa shape index (κ2) is 5.39. The molecule has 0 bridgehead atoms. The minimum absolute atomic E-state index is 0.0256. The largest absolute Gasteiger partial charge is 0.384 e. The number of rotatable bonds is 3. The van der Waals surface area contributed by atoms with Crippen LogP contribution >= 0.6 is 22.6 Å². The molecule has 19 heavy (non-hydrogen) atoms. The molecule has 0 unspecified atom stereocenters.